The zero-order valence-corrected chi connectivity index (χ0v) is 15.1. The van der Waals surface area contributed by atoms with Crippen LogP contribution in [-0.4, -0.2) is 17.2 Å². The summed E-state index contributed by atoms with van der Waals surface area (Å²) < 4.78 is 5.75. The van der Waals surface area contributed by atoms with E-state index >= 15 is 0 Å². The minimum Gasteiger partial charge on any atom is -0.508 e. The van der Waals surface area contributed by atoms with E-state index < -0.39 is 5.41 Å². The van der Waals surface area contributed by atoms with Crippen molar-refractivity contribution in [3.8, 4) is 11.5 Å². The second kappa shape index (κ2) is 7.04. The molecule has 27 heavy (non-hydrogen) atoms. The molecule has 0 saturated carbocycles. The average Bonchev–Trinajstić information content (AvgIpc) is 3.26. The lowest BCUT2D eigenvalue weighted by atomic mass is 9.67. The SMILES string of the molecule is COc1ccccc1[C@@](c1ccccc1)(c1ccc(O)cc1)c1ccc[nH]1. The van der Waals surface area contributed by atoms with Crippen LogP contribution in [0.4, 0.5) is 0 Å². The van der Waals surface area contributed by atoms with E-state index in [1.54, 1.807) is 19.2 Å². The van der Waals surface area contributed by atoms with E-state index in [1.165, 1.54) is 0 Å². The summed E-state index contributed by atoms with van der Waals surface area (Å²) >= 11 is 0. The van der Waals surface area contributed by atoms with Crippen LogP contribution in [0.1, 0.15) is 22.4 Å². The summed E-state index contributed by atoms with van der Waals surface area (Å²) in [5.74, 6) is 1.05. The molecule has 0 bridgehead atoms. The number of ether oxygens (including phenoxy) is 1. The van der Waals surface area contributed by atoms with Crippen LogP contribution in [0.25, 0.3) is 0 Å². The topological polar surface area (TPSA) is 45.2 Å². The van der Waals surface area contributed by atoms with Gasteiger partial charge in [-0.25, -0.2) is 0 Å². The lowest BCUT2D eigenvalue weighted by Gasteiger charge is -2.36. The summed E-state index contributed by atoms with van der Waals surface area (Å²) in [4.78, 5) is 3.42. The number of phenolic OH excluding ortho intramolecular Hbond substituents is 1. The molecule has 0 amide bonds. The Hall–Kier alpha value is -3.46. The maximum absolute atomic E-state index is 9.86. The van der Waals surface area contributed by atoms with Gasteiger partial charge in [-0.3, -0.25) is 0 Å². The smallest absolute Gasteiger partial charge is 0.123 e. The summed E-state index contributed by atoms with van der Waals surface area (Å²) in [6.45, 7) is 0. The third kappa shape index (κ3) is 2.77. The van der Waals surface area contributed by atoms with Crippen molar-refractivity contribution in [1.82, 2.24) is 4.98 Å². The number of H-pyrrole nitrogens is 1. The number of aromatic amines is 1. The van der Waals surface area contributed by atoms with Gasteiger partial charge < -0.3 is 14.8 Å². The van der Waals surface area contributed by atoms with E-state index in [-0.39, 0.29) is 5.75 Å². The Bertz CT molecular complexity index is 1010. The molecule has 0 spiro atoms. The highest BCUT2D eigenvalue weighted by Gasteiger charge is 2.41. The van der Waals surface area contributed by atoms with E-state index in [0.717, 1.165) is 28.1 Å². The number of methoxy groups -OCH3 is 1. The first-order chi connectivity index (χ1) is 13.3. The highest BCUT2D eigenvalue weighted by molar-refractivity contribution is 5.62. The van der Waals surface area contributed by atoms with Crippen molar-refractivity contribution in [2.75, 3.05) is 7.11 Å². The highest BCUT2D eigenvalue weighted by atomic mass is 16.5. The molecule has 134 valence electrons. The number of rotatable bonds is 5. The van der Waals surface area contributed by atoms with Gasteiger partial charge in [0, 0.05) is 17.5 Å². The van der Waals surface area contributed by atoms with E-state index in [4.69, 9.17) is 4.74 Å². The predicted octanol–water partition coefficient (Wildman–Crippen LogP) is 5.11. The minimum absolute atomic E-state index is 0.243. The van der Waals surface area contributed by atoms with Crippen LogP contribution in [0.2, 0.25) is 0 Å². The molecule has 1 aromatic heterocycles. The van der Waals surface area contributed by atoms with Crippen LogP contribution in [0.5, 0.6) is 11.5 Å². The lowest BCUT2D eigenvalue weighted by molar-refractivity contribution is 0.404. The van der Waals surface area contributed by atoms with Gasteiger partial charge in [-0.2, -0.15) is 0 Å². The highest BCUT2D eigenvalue weighted by Crippen LogP contribution is 2.47. The number of aromatic nitrogens is 1. The van der Waals surface area contributed by atoms with E-state index in [9.17, 15) is 5.11 Å². The summed E-state index contributed by atoms with van der Waals surface area (Å²) in [5, 5.41) is 9.86. The maximum atomic E-state index is 9.86. The molecule has 4 rings (SSSR count). The van der Waals surface area contributed by atoms with Crippen molar-refractivity contribution in [3.63, 3.8) is 0 Å². The van der Waals surface area contributed by atoms with Gasteiger partial charge in [0.15, 0.2) is 0 Å². The van der Waals surface area contributed by atoms with Gasteiger partial charge >= 0.3 is 0 Å². The summed E-state index contributed by atoms with van der Waals surface area (Å²) in [5.41, 5.74) is 3.61. The van der Waals surface area contributed by atoms with Crippen LogP contribution in [0.3, 0.4) is 0 Å². The molecule has 1 heterocycles. The van der Waals surface area contributed by atoms with E-state index in [2.05, 4.69) is 29.2 Å². The standard InChI is InChI=1S/C24H21NO2/c1-27-22-11-6-5-10-21(22)24(23-12-7-17-25-23,18-8-3-2-4-9-18)19-13-15-20(26)16-14-19/h2-17,25-26H,1H3/t24-/m1/s1. The Morgan fingerprint density at radius 3 is 2.07 bits per heavy atom. The van der Waals surface area contributed by atoms with Crippen molar-refractivity contribution in [2.24, 2.45) is 0 Å². The molecular weight excluding hydrogens is 334 g/mol. The van der Waals surface area contributed by atoms with Crippen molar-refractivity contribution in [3.05, 3.63) is 120 Å². The summed E-state index contributed by atoms with van der Waals surface area (Å²) in [7, 11) is 1.69. The molecule has 3 nitrogen and oxygen atoms in total. The number of aromatic hydroxyl groups is 1. The molecule has 1 atom stereocenters. The van der Waals surface area contributed by atoms with Gasteiger partial charge in [0.05, 0.1) is 12.5 Å². The van der Waals surface area contributed by atoms with Crippen molar-refractivity contribution < 1.29 is 9.84 Å². The quantitative estimate of drug-likeness (QED) is 0.489. The fourth-order valence-corrected chi connectivity index (χ4v) is 3.85. The zero-order chi connectivity index (χ0) is 18.7. The lowest BCUT2D eigenvalue weighted by Crippen LogP contribution is -2.31. The second-order valence-corrected chi connectivity index (χ2v) is 6.45. The molecule has 4 aromatic rings. The largest absolute Gasteiger partial charge is 0.508 e. The molecule has 0 saturated heterocycles. The maximum Gasteiger partial charge on any atom is 0.123 e. The van der Waals surface area contributed by atoms with Gasteiger partial charge in [-0.05, 0) is 41.5 Å². The number of phenols is 1. The van der Waals surface area contributed by atoms with E-state index in [1.807, 2.05) is 60.8 Å². The molecule has 0 aliphatic heterocycles. The Balaban J connectivity index is 2.15. The number of hydrogen-bond acceptors (Lipinski definition) is 2. The molecular formula is C24H21NO2. The van der Waals surface area contributed by atoms with Crippen LogP contribution in [0.15, 0.2) is 97.2 Å². The zero-order valence-electron chi connectivity index (χ0n) is 15.1. The van der Waals surface area contributed by atoms with E-state index in [0.29, 0.717) is 0 Å². The molecule has 0 unspecified atom stereocenters. The van der Waals surface area contributed by atoms with Crippen LogP contribution >= 0.6 is 0 Å². The molecule has 3 aromatic carbocycles. The van der Waals surface area contributed by atoms with Gasteiger partial charge in [-0.1, -0.05) is 60.7 Å². The summed E-state index contributed by atoms with van der Waals surface area (Å²) in [6.07, 6.45) is 1.93. The van der Waals surface area contributed by atoms with Gasteiger partial charge in [0.2, 0.25) is 0 Å². The van der Waals surface area contributed by atoms with Gasteiger partial charge in [0.1, 0.15) is 11.5 Å². The Morgan fingerprint density at radius 2 is 1.41 bits per heavy atom. The van der Waals surface area contributed by atoms with Crippen LogP contribution in [0, 0.1) is 0 Å². The fourth-order valence-electron chi connectivity index (χ4n) is 3.85. The molecule has 2 N–H and O–H groups in total. The molecule has 0 aliphatic rings. The summed E-state index contributed by atoms with van der Waals surface area (Å²) in [6, 6.07) is 29.9. The van der Waals surface area contributed by atoms with Gasteiger partial charge in [-0.15, -0.1) is 0 Å². The van der Waals surface area contributed by atoms with Gasteiger partial charge in [0.25, 0.3) is 0 Å². The van der Waals surface area contributed by atoms with Crippen LogP contribution in [-0.2, 0) is 5.41 Å². The third-order valence-electron chi connectivity index (χ3n) is 5.02. The van der Waals surface area contributed by atoms with Crippen molar-refractivity contribution in [1.29, 1.82) is 0 Å². The fraction of sp³-hybridized carbons (Fsp3) is 0.0833. The Kier molecular flexibility index (Phi) is 4.43. The predicted molar refractivity (Wildman–Crippen MR) is 107 cm³/mol. The molecule has 0 aliphatic carbocycles. The van der Waals surface area contributed by atoms with Crippen molar-refractivity contribution >= 4 is 0 Å². The number of nitrogens with one attached hydrogen (secondary N) is 1. The molecule has 3 heteroatoms. The second-order valence-electron chi connectivity index (χ2n) is 6.45. The minimum atomic E-state index is -0.606. The third-order valence-corrected chi connectivity index (χ3v) is 5.02. The molecule has 0 fully saturated rings. The average molecular weight is 355 g/mol. The Morgan fingerprint density at radius 1 is 0.741 bits per heavy atom. The first kappa shape index (κ1) is 17.0. The number of para-hydroxylation sites is 1. The first-order valence-corrected chi connectivity index (χ1v) is 8.89. The Labute approximate surface area is 158 Å². The normalized spacial score (nSPS) is 13.1. The number of benzene rings is 3. The monoisotopic (exact) mass is 355 g/mol. The van der Waals surface area contributed by atoms with Crippen LogP contribution < -0.4 is 4.74 Å². The number of hydrogen-bond donors (Lipinski definition) is 2. The molecule has 0 radical (unpaired) electrons. The first-order valence-electron chi connectivity index (χ1n) is 8.89. The van der Waals surface area contributed by atoms with Crippen molar-refractivity contribution in [2.45, 2.75) is 5.41 Å².